The molecule has 0 aromatic heterocycles. The van der Waals surface area contributed by atoms with E-state index in [4.69, 9.17) is 0 Å². The van der Waals surface area contributed by atoms with Crippen molar-refractivity contribution in [1.29, 1.82) is 0 Å². The van der Waals surface area contributed by atoms with E-state index in [1.807, 2.05) is 0 Å². The lowest BCUT2D eigenvalue weighted by Gasteiger charge is -2.29. The van der Waals surface area contributed by atoms with Crippen LogP contribution >= 0.6 is 12.4 Å². The monoisotopic (exact) mass is 432 g/mol. The van der Waals surface area contributed by atoms with Crippen LogP contribution < -0.4 is 0 Å². The summed E-state index contributed by atoms with van der Waals surface area (Å²) in [5.41, 5.74) is 0. The molecule has 1 aliphatic rings. The summed E-state index contributed by atoms with van der Waals surface area (Å²) in [6, 6.07) is 0. The summed E-state index contributed by atoms with van der Waals surface area (Å²) in [5.74, 6) is 0. The number of allylic oxidation sites excluding steroid dienone is 2. The highest BCUT2D eigenvalue weighted by Crippen LogP contribution is 2.20. The van der Waals surface area contributed by atoms with Crippen molar-refractivity contribution in [3.63, 3.8) is 0 Å². The molecule has 1 fully saturated rings. The molecule has 0 aliphatic carbocycles. The summed E-state index contributed by atoms with van der Waals surface area (Å²) in [5, 5.41) is 18.5. The maximum Gasteiger partial charge on any atom is 0.0624 e. The summed E-state index contributed by atoms with van der Waals surface area (Å²) in [6.07, 6.45) is 23.8. The smallest absolute Gasteiger partial charge is 0.0624 e. The highest BCUT2D eigenvalue weighted by Gasteiger charge is 2.30. The molecule has 0 atom stereocenters. The van der Waals surface area contributed by atoms with Gasteiger partial charge in [0, 0.05) is 26.2 Å². The first kappa shape index (κ1) is 28.9. The van der Waals surface area contributed by atoms with Gasteiger partial charge in [0.05, 0.1) is 19.4 Å². The van der Waals surface area contributed by atoms with Crippen LogP contribution in [0.25, 0.3) is 0 Å². The third kappa shape index (κ3) is 14.5. The molecule has 2 N–H and O–H groups in total. The predicted molar refractivity (Wildman–Crippen MR) is 128 cm³/mol. The van der Waals surface area contributed by atoms with Gasteiger partial charge in [-0.2, -0.15) is 0 Å². The number of hydrogen-bond acceptors (Lipinski definition) is 4. The van der Waals surface area contributed by atoms with Gasteiger partial charge in [-0.1, -0.05) is 76.9 Å². The third-order valence-electron chi connectivity index (χ3n) is 6.02. The number of β-amino-alcohol motifs (C(OH)–C–C–N with tert-alkyl or cyclic N) is 2. The molecule has 5 heteroatoms. The second-order valence-corrected chi connectivity index (χ2v) is 8.37. The van der Waals surface area contributed by atoms with Gasteiger partial charge in [0.2, 0.25) is 0 Å². The molecule has 0 saturated carbocycles. The summed E-state index contributed by atoms with van der Waals surface area (Å²) in [7, 11) is 0. The average molecular weight is 433 g/mol. The Balaban J connectivity index is 0.00000784. The Hall–Kier alpha value is -0.130. The van der Waals surface area contributed by atoms with Crippen LogP contribution in [0.5, 0.6) is 0 Å². The minimum atomic E-state index is 0. The zero-order valence-corrected chi connectivity index (χ0v) is 19.9. The van der Waals surface area contributed by atoms with Gasteiger partial charge in [0.25, 0.3) is 0 Å². The summed E-state index contributed by atoms with van der Waals surface area (Å²) in [4.78, 5) is 4.76. The zero-order valence-electron chi connectivity index (χ0n) is 19.1. The van der Waals surface area contributed by atoms with Gasteiger partial charge in [0.15, 0.2) is 0 Å². The number of rotatable bonds is 19. The Morgan fingerprint density at radius 1 is 0.690 bits per heavy atom. The number of unbranched alkanes of at least 4 members (excludes halogenated alkanes) is 11. The summed E-state index contributed by atoms with van der Waals surface area (Å²) in [6.45, 7) is 6.31. The van der Waals surface area contributed by atoms with Crippen LogP contribution in [0.4, 0.5) is 0 Å². The normalized spacial score (nSPS) is 16.1. The fourth-order valence-electron chi connectivity index (χ4n) is 4.33. The van der Waals surface area contributed by atoms with Gasteiger partial charge in [-0.15, -0.1) is 12.4 Å². The van der Waals surface area contributed by atoms with E-state index < -0.39 is 0 Å². The molecule has 174 valence electrons. The Morgan fingerprint density at radius 2 is 1.14 bits per heavy atom. The fourth-order valence-corrected chi connectivity index (χ4v) is 4.33. The molecule has 0 aromatic rings. The average Bonchev–Trinajstić information content (AvgIpc) is 3.07. The first-order chi connectivity index (χ1) is 13.8. The van der Waals surface area contributed by atoms with E-state index in [0.29, 0.717) is 6.17 Å². The van der Waals surface area contributed by atoms with Gasteiger partial charge < -0.3 is 10.2 Å². The lowest BCUT2D eigenvalue weighted by atomic mass is 10.1. The second kappa shape index (κ2) is 21.1. The molecular weight excluding hydrogens is 384 g/mol. The molecule has 4 nitrogen and oxygen atoms in total. The fraction of sp³-hybridized carbons (Fsp3) is 0.917. The summed E-state index contributed by atoms with van der Waals surface area (Å²) < 4.78 is 0. The first-order valence-electron chi connectivity index (χ1n) is 12.2. The molecule has 0 bridgehead atoms. The highest BCUT2D eigenvalue weighted by atomic mass is 35.5. The van der Waals surface area contributed by atoms with E-state index in [0.717, 1.165) is 32.6 Å². The lowest BCUT2D eigenvalue weighted by Crippen LogP contribution is -2.41. The van der Waals surface area contributed by atoms with Crippen molar-refractivity contribution in [3.8, 4) is 0 Å². The molecule has 1 heterocycles. The molecule has 0 amide bonds. The minimum Gasteiger partial charge on any atom is -0.395 e. The van der Waals surface area contributed by atoms with E-state index in [9.17, 15) is 10.2 Å². The topological polar surface area (TPSA) is 46.9 Å². The van der Waals surface area contributed by atoms with E-state index in [1.54, 1.807) is 0 Å². The highest BCUT2D eigenvalue weighted by molar-refractivity contribution is 5.85. The van der Waals surface area contributed by atoms with Crippen molar-refractivity contribution >= 4 is 12.4 Å². The van der Waals surface area contributed by atoms with Crippen molar-refractivity contribution in [1.82, 2.24) is 9.80 Å². The van der Waals surface area contributed by atoms with Crippen molar-refractivity contribution in [2.45, 2.75) is 103 Å². The largest absolute Gasteiger partial charge is 0.395 e. The van der Waals surface area contributed by atoms with Crippen LogP contribution in [0, 0.1) is 0 Å². The number of halogens is 1. The molecule has 0 radical (unpaired) electrons. The van der Waals surface area contributed by atoms with Crippen LogP contribution in [0.1, 0.15) is 96.8 Å². The number of hydrogen-bond donors (Lipinski definition) is 2. The molecule has 1 saturated heterocycles. The van der Waals surface area contributed by atoms with Crippen LogP contribution in [-0.4, -0.2) is 65.6 Å². The Labute approximate surface area is 187 Å². The minimum absolute atomic E-state index is 0. The van der Waals surface area contributed by atoms with Gasteiger partial charge in [0.1, 0.15) is 0 Å². The van der Waals surface area contributed by atoms with Crippen molar-refractivity contribution < 1.29 is 10.2 Å². The number of nitrogens with zero attached hydrogens (tertiary/aromatic N) is 2. The van der Waals surface area contributed by atoms with E-state index >= 15 is 0 Å². The number of aliphatic hydroxyl groups excluding tert-OH is 2. The van der Waals surface area contributed by atoms with E-state index in [2.05, 4.69) is 28.9 Å². The van der Waals surface area contributed by atoms with Gasteiger partial charge in [-0.05, 0) is 32.1 Å². The maximum atomic E-state index is 9.25. The molecule has 0 unspecified atom stereocenters. The van der Waals surface area contributed by atoms with Gasteiger partial charge in [-0.25, -0.2) is 0 Å². The van der Waals surface area contributed by atoms with Gasteiger partial charge >= 0.3 is 0 Å². The Kier molecular flexibility index (Phi) is 21.0. The molecule has 29 heavy (non-hydrogen) atoms. The van der Waals surface area contributed by atoms with Crippen LogP contribution in [-0.2, 0) is 0 Å². The van der Waals surface area contributed by atoms with Crippen molar-refractivity contribution in [2.75, 3.05) is 39.4 Å². The first-order valence-corrected chi connectivity index (χ1v) is 12.2. The van der Waals surface area contributed by atoms with Gasteiger partial charge in [-0.3, -0.25) is 9.80 Å². The zero-order chi connectivity index (χ0) is 20.3. The molecule has 1 rings (SSSR count). The molecule has 0 aromatic carbocycles. The maximum absolute atomic E-state index is 9.25. The third-order valence-corrected chi connectivity index (χ3v) is 6.02. The van der Waals surface area contributed by atoms with E-state index in [-0.39, 0.29) is 25.6 Å². The SMILES string of the molecule is CCCCCCCC/C=C/CCCCCCCC1N(CCO)CCN1CCO.Cl. The molecule has 1 aliphatic heterocycles. The lowest BCUT2D eigenvalue weighted by molar-refractivity contribution is 0.0910. The molecular formula is C24H49ClN2O2. The van der Waals surface area contributed by atoms with Crippen molar-refractivity contribution in [3.05, 3.63) is 12.2 Å². The van der Waals surface area contributed by atoms with Crippen LogP contribution in [0.15, 0.2) is 12.2 Å². The molecule has 0 spiro atoms. The van der Waals surface area contributed by atoms with Crippen LogP contribution in [0.3, 0.4) is 0 Å². The summed E-state index contributed by atoms with van der Waals surface area (Å²) >= 11 is 0. The van der Waals surface area contributed by atoms with Crippen molar-refractivity contribution in [2.24, 2.45) is 0 Å². The second-order valence-electron chi connectivity index (χ2n) is 8.37. The predicted octanol–water partition coefficient (Wildman–Crippen LogP) is 5.37. The standard InChI is InChI=1S/C24H48N2O2.ClH/c1-2-3-4-5-6-7-8-9-10-11-12-13-14-15-16-17-24-25(20-22-27)18-19-26(24)21-23-28;/h9-10,24,27-28H,2-8,11-23H2,1H3;1H/b10-9+;. The number of aliphatic hydroxyl groups is 2. The van der Waals surface area contributed by atoms with Crippen LogP contribution in [0.2, 0.25) is 0 Å². The quantitative estimate of drug-likeness (QED) is 0.212. The Bertz CT molecular complexity index is 355. The van der Waals surface area contributed by atoms with E-state index in [1.165, 1.54) is 83.5 Å². The Morgan fingerprint density at radius 3 is 1.62 bits per heavy atom.